The van der Waals surface area contributed by atoms with E-state index in [4.69, 9.17) is 5.11 Å². The van der Waals surface area contributed by atoms with E-state index < -0.39 is 5.97 Å². The zero-order valence-electron chi connectivity index (χ0n) is 11.4. The largest absolute Gasteiger partial charge is 0.481 e. The van der Waals surface area contributed by atoms with Crippen molar-refractivity contribution >= 4 is 11.9 Å². The van der Waals surface area contributed by atoms with Gasteiger partial charge in [0.05, 0.1) is 6.42 Å². The van der Waals surface area contributed by atoms with Crippen LogP contribution in [0.15, 0.2) is 24.3 Å². The van der Waals surface area contributed by atoms with Crippen LogP contribution in [0, 0.1) is 5.82 Å². The Morgan fingerprint density at radius 3 is 2.60 bits per heavy atom. The third-order valence-electron chi connectivity index (χ3n) is 2.80. The Morgan fingerprint density at radius 2 is 2.00 bits per heavy atom. The summed E-state index contributed by atoms with van der Waals surface area (Å²) in [5, 5.41) is 11.4. The summed E-state index contributed by atoms with van der Waals surface area (Å²) in [6, 6.07) is 6.39. The SMILES string of the molecule is CC(=O)NCCN(CCC(=O)O)Cc1ccccc1F. The van der Waals surface area contributed by atoms with Crippen LogP contribution in [0.4, 0.5) is 4.39 Å². The second-order valence-corrected chi connectivity index (χ2v) is 4.49. The minimum absolute atomic E-state index is 0.0193. The molecule has 0 bridgehead atoms. The molecule has 0 aliphatic heterocycles. The van der Waals surface area contributed by atoms with E-state index in [9.17, 15) is 14.0 Å². The Balaban J connectivity index is 2.59. The molecular formula is C14H19FN2O3. The lowest BCUT2D eigenvalue weighted by Gasteiger charge is -2.22. The minimum Gasteiger partial charge on any atom is -0.481 e. The van der Waals surface area contributed by atoms with Crippen molar-refractivity contribution in [3.63, 3.8) is 0 Å². The highest BCUT2D eigenvalue weighted by molar-refractivity contribution is 5.72. The number of nitrogens with one attached hydrogen (secondary N) is 1. The maximum absolute atomic E-state index is 13.6. The van der Waals surface area contributed by atoms with Crippen molar-refractivity contribution in [2.24, 2.45) is 0 Å². The number of halogens is 1. The van der Waals surface area contributed by atoms with Crippen LogP contribution >= 0.6 is 0 Å². The molecule has 1 aromatic carbocycles. The van der Waals surface area contributed by atoms with Crippen LogP contribution < -0.4 is 5.32 Å². The molecule has 0 aromatic heterocycles. The van der Waals surface area contributed by atoms with Crippen molar-refractivity contribution in [1.82, 2.24) is 10.2 Å². The first kappa shape index (κ1) is 16.1. The molecule has 0 radical (unpaired) electrons. The van der Waals surface area contributed by atoms with Crippen LogP contribution in [-0.2, 0) is 16.1 Å². The first-order chi connectivity index (χ1) is 9.49. The Kier molecular flexibility index (Phi) is 6.66. The third-order valence-corrected chi connectivity index (χ3v) is 2.80. The lowest BCUT2D eigenvalue weighted by Crippen LogP contribution is -2.35. The van der Waals surface area contributed by atoms with Crippen molar-refractivity contribution in [1.29, 1.82) is 0 Å². The molecule has 0 atom stereocenters. The molecular weight excluding hydrogens is 263 g/mol. The number of benzene rings is 1. The summed E-state index contributed by atoms with van der Waals surface area (Å²) in [6.45, 7) is 2.92. The van der Waals surface area contributed by atoms with Crippen molar-refractivity contribution in [3.05, 3.63) is 35.6 Å². The van der Waals surface area contributed by atoms with Gasteiger partial charge in [-0.25, -0.2) is 4.39 Å². The average molecular weight is 282 g/mol. The van der Waals surface area contributed by atoms with Crippen LogP contribution in [0.3, 0.4) is 0 Å². The lowest BCUT2D eigenvalue weighted by molar-refractivity contribution is -0.137. The molecule has 1 aromatic rings. The number of carbonyl (C=O) groups is 2. The van der Waals surface area contributed by atoms with E-state index in [1.54, 1.807) is 18.2 Å². The summed E-state index contributed by atoms with van der Waals surface area (Å²) in [5.74, 6) is -1.36. The third kappa shape index (κ3) is 6.29. The van der Waals surface area contributed by atoms with Crippen LogP contribution in [-0.4, -0.2) is 41.5 Å². The van der Waals surface area contributed by atoms with E-state index in [1.807, 2.05) is 4.90 Å². The van der Waals surface area contributed by atoms with Crippen molar-refractivity contribution in [2.75, 3.05) is 19.6 Å². The summed E-state index contributed by atoms with van der Waals surface area (Å²) in [7, 11) is 0. The molecule has 0 aliphatic carbocycles. The molecule has 0 saturated heterocycles. The van der Waals surface area contributed by atoms with Crippen molar-refractivity contribution in [3.8, 4) is 0 Å². The van der Waals surface area contributed by atoms with E-state index in [2.05, 4.69) is 5.32 Å². The molecule has 1 rings (SSSR count). The molecule has 5 nitrogen and oxygen atoms in total. The van der Waals surface area contributed by atoms with Crippen LogP contribution in [0.1, 0.15) is 18.9 Å². The molecule has 0 spiro atoms. The summed E-state index contributed by atoms with van der Waals surface area (Å²) in [6.07, 6.45) is -0.0193. The van der Waals surface area contributed by atoms with Crippen molar-refractivity contribution in [2.45, 2.75) is 19.9 Å². The fourth-order valence-corrected chi connectivity index (χ4v) is 1.78. The first-order valence-electron chi connectivity index (χ1n) is 6.41. The van der Waals surface area contributed by atoms with Gasteiger partial charge >= 0.3 is 5.97 Å². The van der Waals surface area contributed by atoms with Crippen molar-refractivity contribution < 1.29 is 19.1 Å². The topological polar surface area (TPSA) is 69.6 Å². The normalized spacial score (nSPS) is 10.6. The predicted octanol–water partition coefficient (Wildman–Crippen LogP) is 1.24. The molecule has 2 N–H and O–H groups in total. The predicted molar refractivity (Wildman–Crippen MR) is 72.6 cm³/mol. The highest BCUT2D eigenvalue weighted by Gasteiger charge is 2.11. The van der Waals surface area contributed by atoms with Gasteiger partial charge in [0, 0.05) is 38.7 Å². The van der Waals surface area contributed by atoms with Gasteiger partial charge in [0.2, 0.25) is 5.91 Å². The van der Waals surface area contributed by atoms with Gasteiger partial charge in [-0.3, -0.25) is 14.5 Å². The molecule has 0 unspecified atom stereocenters. The second-order valence-electron chi connectivity index (χ2n) is 4.49. The summed E-state index contributed by atoms with van der Waals surface area (Å²) in [5.41, 5.74) is 0.515. The fourth-order valence-electron chi connectivity index (χ4n) is 1.78. The van der Waals surface area contributed by atoms with Gasteiger partial charge in [0.25, 0.3) is 0 Å². The van der Waals surface area contributed by atoms with E-state index in [0.717, 1.165) is 0 Å². The maximum atomic E-state index is 13.6. The number of amides is 1. The highest BCUT2D eigenvalue weighted by atomic mass is 19.1. The molecule has 0 saturated carbocycles. The van der Waals surface area contributed by atoms with E-state index >= 15 is 0 Å². The molecule has 0 aliphatic rings. The molecule has 6 heteroatoms. The van der Waals surface area contributed by atoms with Gasteiger partial charge in [-0.15, -0.1) is 0 Å². The Labute approximate surface area is 117 Å². The van der Waals surface area contributed by atoms with E-state index in [1.165, 1.54) is 13.0 Å². The molecule has 110 valence electrons. The minimum atomic E-state index is -0.900. The molecule has 0 fully saturated rings. The maximum Gasteiger partial charge on any atom is 0.304 e. The van der Waals surface area contributed by atoms with E-state index in [-0.39, 0.29) is 18.1 Å². The number of aliphatic carboxylic acids is 1. The first-order valence-corrected chi connectivity index (χ1v) is 6.41. The summed E-state index contributed by atoms with van der Waals surface area (Å²) < 4.78 is 13.6. The Hall–Kier alpha value is -1.95. The van der Waals surface area contributed by atoms with Crippen LogP contribution in [0.5, 0.6) is 0 Å². The van der Waals surface area contributed by atoms with Crippen LogP contribution in [0.25, 0.3) is 0 Å². The molecule has 20 heavy (non-hydrogen) atoms. The average Bonchev–Trinajstić information content (AvgIpc) is 2.37. The summed E-state index contributed by atoms with van der Waals surface area (Å²) in [4.78, 5) is 23.3. The van der Waals surface area contributed by atoms with Gasteiger partial charge in [-0.1, -0.05) is 18.2 Å². The molecule has 0 heterocycles. The number of carbonyl (C=O) groups excluding carboxylic acids is 1. The van der Waals surface area contributed by atoms with Gasteiger partial charge in [0.1, 0.15) is 5.82 Å². The number of carboxylic acids is 1. The van der Waals surface area contributed by atoms with E-state index in [0.29, 0.717) is 31.7 Å². The van der Waals surface area contributed by atoms with Gasteiger partial charge < -0.3 is 10.4 Å². The van der Waals surface area contributed by atoms with Gasteiger partial charge in [0.15, 0.2) is 0 Å². The Bertz CT molecular complexity index is 465. The number of hydrogen-bond acceptors (Lipinski definition) is 3. The second kappa shape index (κ2) is 8.27. The molecule has 1 amide bonds. The number of rotatable bonds is 8. The number of nitrogens with zero attached hydrogens (tertiary/aromatic N) is 1. The fraction of sp³-hybridized carbons (Fsp3) is 0.429. The zero-order valence-corrected chi connectivity index (χ0v) is 11.4. The monoisotopic (exact) mass is 282 g/mol. The number of hydrogen-bond donors (Lipinski definition) is 2. The van der Waals surface area contributed by atoms with Gasteiger partial charge in [-0.05, 0) is 6.07 Å². The standard InChI is InChI=1S/C14H19FN2O3/c1-11(18)16-7-9-17(8-6-14(19)20)10-12-4-2-3-5-13(12)15/h2-5H,6-10H2,1H3,(H,16,18)(H,19,20). The zero-order chi connectivity index (χ0) is 15.0. The van der Waals surface area contributed by atoms with Gasteiger partial charge in [-0.2, -0.15) is 0 Å². The lowest BCUT2D eigenvalue weighted by atomic mass is 10.2. The number of carboxylic acid groups (broad SMARTS) is 1. The highest BCUT2D eigenvalue weighted by Crippen LogP contribution is 2.10. The van der Waals surface area contributed by atoms with Crippen LogP contribution in [0.2, 0.25) is 0 Å². The quantitative estimate of drug-likeness (QED) is 0.752. The Morgan fingerprint density at radius 1 is 1.30 bits per heavy atom. The summed E-state index contributed by atoms with van der Waals surface area (Å²) >= 11 is 0. The smallest absolute Gasteiger partial charge is 0.304 e.